The van der Waals surface area contributed by atoms with E-state index in [1.54, 1.807) is 0 Å². The fourth-order valence-electron chi connectivity index (χ4n) is 7.78. The summed E-state index contributed by atoms with van der Waals surface area (Å²) in [6, 6.07) is 0. The topological polar surface area (TPSA) is 108 Å². The standard InChI is InChI=1S/C51H102NO8P/c1-6-8-10-12-14-16-18-20-22-24-26-28-30-32-34-36-38-40-42-44-51(54)60-49(48-59-61(55,56)58-46-45-52(3,4)5)47-57-50(53)43-41-39-37-35-33-31-29-27-25-23-21-19-17-15-13-11-9-7-2/h49H,6-48H2,1-5H3/p+1/t49-/m1/s1. The van der Waals surface area contributed by atoms with Gasteiger partial charge in [-0.3, -0.25) is 18.6 Å². The quantitative estimate of drug-likeness (QED) is 0.0278. The molecule has 0 aromatic heterocycles. The normalized spacial score (nSPS) is 13.3. The van der Waals surface area contributed by atoms with Gasteiger partial charge >= 0.3 is 19.8 Å². The fourth-order valence-corrected chi connectivity index (χ4v) is 8.52. The summed E-state index contributed by atoms with van der Waals surface area (Å²) < 4.78 is 34.5. The Bertz CT molecular complexity index is 1010. The van der Waals surface area contributed by atoms with Crippen molar-refractivity contribution >= 4 is 19.8 Å². The number of phosphoric acid groups is 1. The zero-order valence-electron chi connectivity index (χ0n) is 41.2. The van der Waals surface area contributed by atoms with E-state index in [4.69, 9.17) is 18.5 Å². The molecule has 0 heterocycles. The van der Waals surface area contributed by atoms with Gasteiger partial charge in [0.05, 0.1) is 27.7 Å². The molecule has 10 heteroatoms. The van der Waals surface area contributed by atoms with Crippen LogP contribution in [0.15, 0.2) is 0 Å². The molecule has 1 unspecified atom stereocenters. The molecule has 0 aliphatic carbocycles. The van der Waals surface area contributed by atoms with Crippen molar-refractivity contribution in [3.8, 4) is 0 Å². The Labute approximate surface area is 378 Å². The molecule has 0 saturated heterocycles. The Kier molecular flexibility index (Phi) is 43.5. The Morgan fingerprint density at radius 1 is 0.443 bits per heavy atom. The second-order valence-electron chi connectivity index (χ2n) is 19.3. The van der Waals surface area contributed by atoms with Gasteiger partial charge in [-0.15, -0.1) is 0 Å². The van der Waals surface area contributed by atoms with Crippen LogP contribution in [0.4, 0.5) is 0 Å². The van der Waals surface area contributed by atoms with Crippen LogP contribution < -0.4 is 0 Å². The number of unbranched alkanes of at least 4 members (excludes halogenated alkanes) is 35. The van der Waals surface area contributed by atoms with Crippen molar-refractivity contribution < 1.29 is 42.1 Å². The van der Waals surface area contributed by atoms with Crippen LogP contribution in [-0.2, 0) is 32.7 Å². The van der Waals surface area contributed by atoms with Crippen LogP contribution in [0, 0.1) is 0 Å². The van der Waals surface area contributed by atoms with E-state index in [1.807, 2.05) is 21.1 Å². The van der Waals surface area contributed by atoms with Gasteiger partial charge in [0.15, 0.2) is 6.10 Å². The Hall–Kier alpha value is -0.990. The number of likely N-dealkylation sites (N-methyl/N-ethyl adjacent to an activating group) is 1. The van der Waals surface area contributed by atoms with E-state index < -0.39 is 26.5 Å². The van der Waals surface area contributed by atoms with Crippen LogP contribution >= 0.6 is 7.82 Å². The van der Waals surface area contributed by atoms with Gasteiger partial charge in [-0.25, -0.2) is 4.57 Å². The lowest BCUT2D eigenvalue weighted by Gasteiger charge is -2.24. The first-order chi connectivity index (χ1) is 29.5. The van der Waals surface area contributed by atoms with E-state index in [1.165, 1.54) is 199 Å². The van der Waals surface area contributed by atoms with Crippen molar-refractivity contribution in [2.24, 2.45) is 0 Å². The van der Waals surface area contributed by atoms with Gasteiger partial charge in [-0.2, -0.15) is 0 Å². The van der Waals surface area contributed by atoms with Gasteiger partial charge in [0, 0.05) is 12.8 Å². The first kappa shape index (κ1) is 60.0. The van der Waals surface area contributed by atoms with Crippen LogP contribution in [0.1, 0.15) is 264 Å². The van der Waals surface area contributed by atoms with Crippen LogP contribution in [0.5, 0.6) is 0 Å². The minimum absolute atomic E-state index is 0.0372. The van der Waals surface area contributed by atoms with E-state index in [0.717, 1.165) is 38.5 Å². The Morgan fingerprint density at radius 2 is 0.738 bits per heavy atom. The molecule has 61 heavy (non-hydrogen) atoms. The Balaban J connectivity index is 4.19. The predicted molar refractivity (Wildman–Crippen MR) is 257 cm³/mol. The highest BCUT2D eigenvalue weighted by molar-refractivity contribution is 7.47. The predicted octanol–water partition coefficient (Wildman–Crippen LogP) is 15.5. The average molecular weight is 889 g/mol. The molecule has 0 radical (unpaired) electrons. The van der Waals surface area contributed by atoms with Crippen molar-refractivity contribution in [2.75, 3.05) is 47.5 Å². The molecule has 0 aliphatic heterocycles. The molecule has 0 aromatic rings. The zero-order valence-corrected chi connectivity index (χ0v) is 42.1. The maximum absolute atomic E-state index is 12.8. The number of esters is 2. The average Bonchev–Trinajstić information content (AvgIpc) is 3.21. The molecule has 9 nitrogen and oxygen atoms in total. The Morgan fingerprint density at radius 3 is 1.05 bits per heavy atom. The van der Waals surface area contributed by atoms with Gasteiger partial charge in [0.2, 0.25) is 0 Å². The maximum Gasteiger partial charge on any atom is 0.472 e. The third-order valence-corrected chi connectivity index (χ3v) is 12.9. The smallest absolute Gasteiger partial charge is 0.462 e. The summed E-state index contributed by atoms with van der Waals surface area (Å²) in [6.07, 6.45) is 47.2. The monoisotopic (exact) mass is 889 g/mol. The van der Waals surface area contributed by atoms with Gasteiger partial charge in [0.1, 0.15) is 19.8 Å². The molecular formula is C51H103NO8P+. The summed E-state index contributed by atoms with van der Waals surface area (Å²) in [5.41, 5.74) is 0. The summed E-state index contributed by atoms with van der Waals surface area (Å²) in [4.78, 5) is 35.6. The summed E-state index contributed by atoms with van der Waals surface area (Å²) in [5.74, 6) is -0.776. The summed E-state index contributed by atoms with van der Waals surface area (Å²) in [7, 11) is 1.50. The van der Waals surface area contributed by atoms with Gasteiger partial charge in [-0.05, 0) is 12.8 Å². The lowest BCUT2D eigenvalue weighted by atomic mass is 10.0. The van der Waals surface area contributed by atoms with E-state index in [0.29, 0.717) is 17.4 Å². The molecule has 0 amide bonds. The lowest BCUT2D eigenvalue weighted by Crippen LogP contribution is -2.37. The number of nitrogens with zero attached hydrogens (tertiary/aromatic N) is 1. The first-order valence-corrected chi connectivity index (χ1v) is 27.8. The number of ether oxygens (including phenoxy) is 2. The van der Waals surface area contributed by atoms with Gasteiger partial charge in [-0.1, -0.05) is 239 Å². The minimum Gasteiger partial charge on any atom is -0.462 e. The SMILES string of the molecule is CCCCCCCCCCCCCCCCCCCCCC(=O)O[C@H](COC(=O)CCCCCCCCCCCCCCCCCCCC)COP(=O)(O)OCC[N+](C)(C)C. The molecule has 364 valence electrons. The minimum atomic E-state index is -4.37. The van der Waals surface area contributed by atoms with Crippen LogP contribution in [0.25, 0.3) is 0 Å². The summed E-state index contributed by atoms with van der Waals surface area (Å²) >= 11 is 0. The molecule has 0 spiro atoms. The zero-order chi connectivity index (χ0) is 45.0. The van der Waals surface area contributed by atoms with E-state index >= 15 is 0 Å². The highest BCUT2D eigenvalue weighted by Crippen LogP contribution is 2.43. The summed E-state index contributed by atoms with van der Waals surface area (Å²) in [6.45, 7) is 4.49. The molecule has 0 bridgehead atoms. The molecule has 0 rings (SSSR count). The molecule has 0 fully saturated rings. The van der Waals surface area contributed by atoms with Crippen LogP contribution in [0.3, 0.4) is 0 Å². The third kappa shape index (κ3) is 48.3. The lowest BCUT2D eigenvalue weighted by molar-refractivity contribution is -0.870. The molecule has 1 N–H and O–H groups in total. The second-order valence-corrected chi connectivity index (χ2v) is 20.7. The number of hydrogen-bond acceptors (Lipinski definition) is 7. The maximum atomic E-state index is 12.8. The third-order valence-electron chi connectivity index (χ3n) is 11.9. The van der Waals surface area contributed by atoms with Crippen LogP contribution in [-0.4, -0.2) is 74.9 Å². The van der Waals surface area contributed by atoms with Gasteiger partial charge in [0.25, 0.3) is 0 Å². The van der Waals surface area contributed by atoms with E-state index in [9.17, 15) is 19.0 Å². The van der Waals surface area contributed by atoms with Crippen molar-refractivity contribution in [2.45, 2.75) is 270 Å². The first-order valence-electron chi connectivity index (χ1n) is 26.3. The second kappa shape index (κ2) is 44.2. The highest BCUT2D eigenvalue weighted by atomic mass is 31.2. The van der Waals surface area contributed by atoms with Crippen molar-refractivity contribution in [3.05, 3.63) is 0 Å². The van der Waals surface area contributed by atoms with Crippen molar-refractivity contribution in [1.82, 2.24) is 0 Å². The van der Waals surface area contributed by atoms with Crippen LogP contribution in [0.2, 0.25) is 0 Å². The van der Waals surface area contributed by atoms with E-state index in [-0.39, 0.29) is 25.6 Å². The molecule has 0 aliphatic rings. The summed E-state index contributed by atoms with van der Waals surface area (Å²) in [5, 5.41) is 0. The van der Waals surface area contributed by atoms with Crippen molar-refractivity contribution in [3.63, 3.8) is 0 Å². The number of quaternary nitrogens is 1. The van der Waals surface area contributed by atoms with Crippen molar-refractivity contribution in [1.29, 1.82) is 0 Å². The number of carbonyl (C=O) groups is 2. The molecule has 0 aromatic carbocycles. The highest BCUT2D eigenvalue weighted by Gasteiger charge is 2.27. The number of carbonyl (C=O) groups excluding carboxylic acids is 2. The largest absolute Gasteiger partial charge is 0.472 e. The molecule has 0 saturated carbocycles. The molecular weight excluding hydrogens is 786 g/mol. The fraction of sp³-hybridized carbons (Fsp3) is 0.961. The number of phosphoric ester groups is 1. The number of rotatable bonds is 49. The molecule has 2 atom stereocenters. The number of hydrogen-bond donors (Lipinski definition) is 1. The van der Waals surface area contributed by atoms with E-state index in [2.05, 4.69) is 13.8 Å². The van der Waals surface area contributed by atoms with Gasteiger partial charge < -0.3 is 18.9 Å².